The molecule has 0 saturated heterocycles. The summed E-state index contributed by atoms with van der Waals surface area (Å²) >= 11 is 0. The molecule has 0 aliphatic carbocycles. The van der Waals surface area contributed by atoms with E-state index in [0.717, 1.165) is 66.1 Å². The first-order valence-electron chi connectivity index (χ1n) is 13.8. The van der Waals surface area contributed by atoms with Gasteiger partial charge in [0, 0.05) is 32.9 Å². The average Bonchev–Trinajstić information content (AvgIpc) is 3.57. The maximum absolute atomic E-state index is 10.1. The Morgan fingerprint density at radius 1 is 0.400 bits per heavy atom. The summed E-state index contributed by atoms with van der Waals surface area (Å²) in [4.78, 5) is 0. The fourth-order valence-electron chi connectivity index (χ4n) is 6.34. The number of halogens is 1. The topological polar surface area (TPSA) is 57.4 Å². The number of benzene rings is 6. The number of fused-ring (bicyclic) bond motifs is 6. The standard InChI is InChI=1S/C38H22N4.2CH4.FH/c39-23-25-17-27(21-29(19-25)41-35-13-5-1-9-31(35)32-10-2-6-14-36(32)41)28-18-26(24-40)20-30(22-28)42-37-15-7-3-11-33(37)34-12-4-8-16-38(34)42;;;/h1-22H;2*1H4;1H. The molecule has 0 amide bonds. The molecule has 0 saturated carbocycles. The van der Waals surface area contributed by atoms with Crippen molar-refractivity contribution in [3.05, 3.63) is 145 Å². The van der Waals surface area contributed by atoms with Gasteiger partial charge in [0.25, 0.3) is 0 Å². The van der Waals surface area contributed by atoms with Gasteiger partial charge < -0.3 is 9.13 Å². The lowest BCUT2D eigenvalue weighted by Gasteiger charge is -2.14. The third kappa shape index (κ3) is 4.68. The largest absolute Gasteiger partial charge is 0.309 e. The van der Waals surface area contributed by atoms with E-state index in [1.807, 2.05) is 48.5 Å². The number of nitriles is 2. The van der Waals surface area contributed by atoms with Gasteiger partial charge in [-0.15, -0.1) is 0 Å². The molecule has 0 fully saturated rings. The van der Waals surface area contributed by atoms with Crippen LogP contribution in [0.1, 0.15) is 26.0 Å². The summed E-state index contributed by atoms with van der Waals surface area (Å²) in [5.41, 5.74) is 9.01. The molecule has 2 aromatic heterocycles. The molecule has 8 aromatic rings. The minimum atomic E-state index is 0. The molecular formula is C40H31FN4. The number of nitrogens with zero attached hydrogens (tertiary/aromatic N) is 4. The zero-order chi connectivity index (χ0) is 28.2. The van der Waals surface area contributed by atoms with E-state index in [1.165, 1.54) is 0 Å². The predicted molar refractivity (Wildman–Crippen MR) is 186 cm³/mol. The van der Waals surface area contributed by atoms with Gasteiger partial charge in [-0.05, 0) is 71.8 Å². The number of hydrogen-bond acceptors (Lipinski definition) is 2. The highest BCUT2D eigenvalue weighted by Crippen LogP contribution is 2.36. The first kappa shape index (κ1) is 30.3. The Morgan fingerprint density at radius 2 is 0.689 bits per heavy atom. The van der Waals surface area contributed by atoms with E-state index in [0.29, 0.717) is 11.1 Å². The van der Waals surface area contributed by atoms with Gasteiger partial charge in [0.15, 0.2) is 0 Å². The molecule has 45 heavy (non-hydrogen) atoms. The minimum absolute atomic E-state index is 0. The zero-order valence-corrected chi connectivity index (χ0v) is 22.9. The molecule has 5 heteroatoms. The zero-order valence-electron chi connectivity index (χ0n) is 22.9. The molecule has 0 N–H and O–H groups in total. The van der Waals surface area contributed by atoms with Crippen LogP contribution >= 0.6 is 0 Å². The highest BCUT2D eigenvalue weighted by atomic mass is 19.0. The van der Waals surface area contributed by atoms with Crippen LogP contribution in [0.25, 0.3) is 66.1 Å². The quantitative estimate of drug-likeness (QED) is 0.207. The number of hydrogen-bond donors (Lipinski definition) is 0. The van der Waals surface area contributed by atoms with Crippen LogP contribution in [0.2, 0.25) is 0 Å². The van der Waals surface area contributed by atoms with Crippen molar-refractivity contribution in [3.8, 4) is 34.6 Å². The molecule has 0 aliphatic rings. The summed E-state index contributed by atoms with van der Waals surface area (Å²) < 4.78 is 4.44. The van der Waals surface area contributed by atoms with E-state index in [9.17, 15) is 10.5 Å². The van der Waals surface area contributed by atoms with Crippen molar-refractivity contribution < 1.29 is 4.70 Å². The first-order valence-corrected chi connectivity index (χ1v) is 13.8. The number of aromatic nitrogens is 2. The van der Waals surface area contributed by atoms with Crippen molar-refractivity contribution in [3.63, 3.8) is 0 Å². The van der Waals surface area contributed by atoms with E-state index in [2.05, 4.69) is 106 Å². The number of para-hydroxylation sites is 4. The summed E-state index contributed by atoms with van der Waals surface area (Å²) in [6, 6.07) is 50.1. The van der Waals surface area contributed by atoms with Crippen molar-refractivity contribution in [2.45, 2.75) is 14.9 Å². The Hall–Kier alpha value is -6.17. The van der Waals surface area contributed by atoms with Crippen LogP contribution in [0.5, 0.6) is 0 Å². The third-order valence-electron chi connectivity index (χ3n) is 8.10. The monoisotopic (exact) mass is 586 g/mol. The molecule has 0 spiro atoms. The summed E-state index contributed by atoms with van der Waals surface area (Å²) in [5, 5.41) is 24.8. The van der Waals surface area contributed by atoms with E-state index in [1.54, 1.807) is 0 Å². The fourth-order valence-corrected chi connectivity index (χ4v) is 6.34. The lowest BCUT2D eigenvalue weighted by atomic mass is 9.99. The summed E-state index contributed by atoms with van der Waals surface area (Å²) in [5.74, 6) is 0. The highest BCUT2D eigenvalue weighted by molar-refractivity contribution is 6.10. The van der Waals surface area contributed by atoms with Gasteiger partial charge in [-0.2, -0.15) is 10.5 Å². The smallest absolute Gasteiger partial charge is 0.0992 e. The maximum Gasteiger partial charge on any atom is 0.0992 e. The second-order valence-corrected chi connectivity index (χ2v) is 10.5. The molecule has 0 unspecified atom stereocenters. The van der Waals surface area contributed by atoms with Gasteiger partial charge in [0.2, 0.25) is 0 Å². The van der Waals surface area contributed by atoms with Crippen molar-refractivity contribution in [1.29, 1.82) is 10.5 Å². The van der Waals surface area contributed by atoms with E-state index >= 15 is 0 Å². The first-order chi connectivity index (χ1) is 20.7. The Bertz CT molecular complexity index is 2170. The van der Waals surface area contributed by atoms with Crippen molar-refractivity contribution in [1.82, 2.24) is 9.13 Å². The van der Waals surface area contributed by atoms with Gasteiger partial charge in [0.05, 0.1) is 45.3 Å². The SMILES string of the molecule is C.C.F.N#Cc1cc(-c2cc(C#N)cc(-n3c4ccccc4c4ccccc43)c2)cc(-n2c3ccccc3c3ccccc32)c1. The molecule has 8 rings (SSSR count). The van der Waals surface area contributed by atoms with Crippen LogP contribution < -0.4 is 0 Å². The molecule has 0 atom stereocenters. The second kappa shape index (κ2) is 11.8. The normalized spacial score (nSPS) is 10.5. The highest BCUT2D eigenvalue weighted by Gasteiger charge is 2.16. The van der Waals surface area contributed by atoms with Crippen LogP contribution in [0.3, 0.4) is 0 Å². The third-order valence-corrected chi connectivity index (χ3v) is 8.10. The molecule has 6 aromatic carbocycles. The van der Waals surface area contributed by atoms with Crippen LogP contribution in [0.4, 0.5) is 4.70 Å². The summed E-state index contributed by atoms with van der Waals surface area (Å²) in [7, 11) is 0. The molecule has 218 valence electrons. The van der Waals surface area contributed by atoms with Crippen LogP contribution in [-0.2, 0) is 0 Å². The van der Waals surface area contributed by atoms with Crippen molar-refractivity contribution in [2.75, 3.05) is 0 Å². The predicted octanol–water partition coefficient (Wildman–Crippen LogP) is 10.7. The van der Waals surface area contributed by atoms with Crippen LogP contribution in [0.15, 0.2) is 133 Å². The molecule has 0 aliphatic heterocycles. The summed E-state index contributed by atoms with van der Waals surface area (Å²) in [6.07, 6.45) is 0. The van der Waals surface area contributed by atoms with Crippen molar-refractivity contribution >= 4 is 43.6 Å². The van der Waals surface area contributed by atoms with Gasteiger partial charge in [-0.25, -0.2) is 0 Å². The molecule has 4 nitrogen and oxygen atoms in total. The van der Waals surface area contributed by atoms with E-state index in [-0.39, 0.29) is 19.6 Å². The Balaban J connectivity index is 0.00000133. The van der Waals surface area contributed by atoms with E-state index in [4.69, 9.17) is 0 Å². The van der Waals surface area contributed by atoms with Gasteiger partial charge >= 0.3 is 0 Å². The molecule has 0 bridgehead atoms. The maximum atomic E-state index is 10.1. The fraction of sp³-hybridized carbons (Fsp3) is 0.0500. The Labute approximate surface area is 261 Å². The lowest BCUT2D eigenvalue weighted by molar-refractivity contribution is 1.11. The van der Waals surface area contributed by atoms with E-state index < -0.39 is 0 Å². The van der Waals surface area contributed by atoms with Gasteiger partial charge in [0.1, 0.15) is 0 Å². The van der Waals surface area contributed by atoms with Crippen LogP contribution in [-0.4, -0.2) is 9.13 Å². The molecule has 0 radical (unpaired) electrons. The van der Waals surface area contributed by atoms with Crippen molar-refractivity contribution in [2.24, 2.45) is 0 Å². The Kier molecular flexibility index (Phi) is 7.97. The second-order valence-electron chi connectivity index (χ2n) is 10.5. The lowest BCUT2D eigenvalue weighted by Crippen LogP contribution is -1.98. The van der Waals surface area contributed by atoms with Gasteiger partial charge in [-0.3, -0.25) is 4.70 Å². The molecular weight excluding hydrogens is 555 g/mol. The number of rotatable bonds is 3. The minimum Gasteiger partial charge on any atom is -0.309 e. The summed E-state index contributed by atoms with van der Waals surface area (Å²) in [6.45, 7) is 0. The molecule has 2 heterocycles. The Morgan fingerprint density at radius 3 is 0.978 bits per heavy atom. The average molecular weight is 587 g/mol. The van der Waals surface area contributed by atoms with Gasteiger partial charge in [-0.1, -0.05) is 87.6 Å². The van der Waals surface area contributed by atoms with Crippen LogP contribution in [0, 0.1) is 22.7 Å².